The van der Waals surface area contributed by atoms with Crippen LogP contribution in [0.2, 0.25) is 0 Å². The van der Waals surface area contributed by atoms with Crippen LogP contribution in [0.15, 0.2) is 42.5 Å². The molecule has 0 spiro atoms. The van der Waals surface area contributed by atoms with E-state index < -0.39 is 0 Å². The first-order valence-corrected chi connectivity index (χ1v) is 7.76. The molecule has 108 valence electrons. The van der Waals surface area contributed by atoms with Crippen LogP contribution in [0.4, 0.5) is 0 Å². The molecule has 0 unspecified atom stereocenters. The van der Waals surface area contributed by atoms with E-state index >= 15 is 0 Å². The first-order valence-electron chi connectivity index (χ1n) is 6.68. The molecule has 0 aliphatic carbocycles. The largest absolute Gasteiger partial charge is 0.480 e. The van der Waals surface area contributed by atoms with Crippen LogP contribution in [0.25, 0.3) is 11.6 Å². The minimum Gasteiger partial charge on any atom is -0.480 e. The molecule has 0 saturated carbocycles. The first kappa shape index (κ1) is 16.1. The summed E-state index contributed by atoms with van der Waals surface area (Å²) in [5.41, 5.74) is 3.67. The Bertz CT molecular complexity index is 777. The molecule has 2 rings (SSSR count). The predicted octanol–water partition coefficient (Wildman–Crippen LogP) is 4.68. The van der Waals surface area contributed by atoms with Crippen molar-refractivity contribution in [3.8, 4) is 24.2 Å². The molecule has 3 heteroatoms. The second kappa shape index (κ2) is 7.68. The monoisotopic (exact) mass is 399 g/mol. The van der Waals surface area contributed by atoms with E-state index in [9.17, 15) is 5.26 Å². The van der Waals surface area contributed by atoms with Crippen LogP contribution in [0.5, 0.6) is 5.75 Å². The van der Waals surface area contributed by atoms with Crippen LogP contribution in [-0.4, -0.2) is 6.61 Å². The Morgan fingerprint density at radius 2 is 2.00 bits per heavy atom. The molecule has 0 radical (unpaired) electrons. The van der Waals surface area contributed by atoms with Gasteiger partial charge in [0.2, 0.25) is 0 Å². The van der Waals surface area contributed by atoms with Crippen molar-refractivity contribution in [1.82, 2.24) is 0 Å². The fourth-order valence-corrected chi connectivity index (χ4v) is 2.62. The zero-order valence-electron chi connectivity index (χ0n) is 12.1. The van der Waals surface area contributed by atoms with E-state index in [0.29, 0.717) is 5.57 Å². The molecule has 0 saturated heterocycles. The number of benzene rings is 2. The van der Waals surface area contributed by atoms with Crippen LogP contribution >= 0.6 is 22.6 Å². The summed E-state index contributed by atoms with van der Waals surface area (Å²) in [6.07, 6.45) is 7.07. The zero-order chi connectivity index (χ0) is 15.9. The number of nitriles is 1. The number of allylic oxidation sites excluding steroid dienone is 1. The minimum absolute atomic E-state index is 0.248. The predicted molar refractivity (Wildman–Crippen MR) is 98.2 cm³/mol. The van der Waals surface area contributed by atoms with Gasteiger partial charge >= 0.3 is 0 Å². The van der Waals surface area contributed by atoms with Gasteiger partial charge < -0.3 is 4.74 Å². The average Bonchev–Trinajstić information content (AvgIpc) is 2.53. The minimum atomic E-state index is 0.248. The summed E-state index contributed by atoms with van der Waals surface area (Å²) in [6, 6.07) is 15.9. The summed E-state index contributed by atoms with van der Waals surface area (Å²) < 4.78 is 6.40. The number of hydrogen-bond acceptors (Lipinski definition) is 2. The second-order valence-corrected chi connectivity index (χ2v) is 5.88. The molecule has 0 atom stereocenters. The molecular weight excluding hydrogens is 385 g/mol. The van der Waals surface area contributed by atoms with Crippen molar-refractivity contribution in [3.05, 3.63) is 62.7 Å². The third-order valence-electron chi connectivity index (χ3n) is 3.06. The van der Waals surface area contributed by atoms with E-state index in [2.05, 4.69) is 34.6 Å². The number of rotatable bonds is 4. The normalized spacial score (nSPS) is 10.6. The van der Waals surface area contributed by atoms with Gasteiger partial charge in [-0.15, -0.1) is 6.42 Å². The van der Waals surface area contributed by atoms with Crippen LogP contribution in [0.3, 0.4) is 0 Å². The summed E-state index contributed by atoms with van der Waals surface area (Å²) in [7, 11) is 0. The van der Waals surface area contributed by atoms with Crippen molar-refractivity contribution < 1.29 is 4.74 Å². The van der Waals surface area contributed by atoms with Crippen molar-refractivity contribution in [1.29, 1.82) is 5.26 Å². The quantitative estimate of drug-likeness (QED) is 0.324. The highest BCUT2D eigenvalue weighted by atomic mass is 127. The Morgan fingerprint density at radius 3 is 2.59 bits per heavy atom. The van der Waals surface area contributed by atoms with Gasteiger partial charge in [0, 0.05) is 0 Å². The van der Waals surface area contributed by atoms with Gasteiger partial charge in [-0.3, -0.25) is 0 Å². The SMILES string of the molecule is C#CCOc1ccc(/C=C(/C#N)c2ccc(C)cc2)cc1I. The lowest BCUT2D eigenvalue weighted by atomic mass is 10.0. The van der Waals surface area contributed by atoms with Gasteiger partial charge in [0.05, 0.1) is 15.2 Å². The van der Waals surface area contributed by atoms with Crippen molar-refractivity contribution in [2.75, 3.05) is 6.61 Å². The lowest BCUT2D eigenvalue weighted by molar-refractivity contribution is 0.368. The van der Waals surface area contributed by atoms with Crippen LogP contribution < -0.4 is 4.74 Å². The fraction of sp³-hybridized carbons (Fsp3) is 0.105. The van der Waals surface area contributed by atoms with Crippen LogP contribution in [-0.2, 0) is 0 Å². The van der Waals surface area contributed by atoms with E-state index in [1.54, 1.807) is 0 Å². The van der Waals surface area contributed by atoms with Crippen LogP contribution in [0.1, 0.15) is 16.7 Å². The topological polar surface area (TPSA) is 33.0 Å². The van der Waals surface area contributed by atoms with Gasteiger partial charge in [0.25, 0.3) is 0 Å². The highest BCUT2D eigenvalue weighted by molar-refractivity contribution is 14.1. The van der Waals surface area contributed by atoms with E-state index in [-0.39, 0.29) is 6.61 Å². The molecule has 2 aromatic carbocycles. The number of nitrogens with zero attached hydrogens (tertiary/aromatic N) is 1. The molecule has 0 heterocycles. The van der Waals surface area contributed by atoms with Gasteiger partial charge in [0.15, 0.2) is 0 Å². The second-order valence-electron chi connectivity index (χ2n) is 4.72. The molecule has 2 aromatic rings. The first-order chi connectivity index (χ1) is 10.6. The zero-order valence-corrected chi connectivity index (χ0v) is 14.3. The number of hydrogen-bond donors (Lipinski definition) is 0. The van der Waals surface area contributed by atoms with Crippen molar-refractivity contribution in [2.45, 2.75) is 6.92 Å². The maximum atomic E-state index is 9.38. The Labute approximate surface area is 144 Å². The number of ether oxygens (including phenoxy) is 1. The Kier molecular flexibility index (Phi) is 5.63. The van der Waals surface area contributed by atoms with E-state index in [4.69, 9.17) is 11.2 Å². The van der Waals surface area contributed by atoms with Crippen LogP contribution in [0, 0.1) is 34.2 Å². The molecule has 0 aromatic heterocycles. The average molecular weight is 399 g/mol. The Balaban J connectivity index is 2.31. The summed E-state index contributed by atoms with van der Waals surface area (Å²) in [5, 5.41) is 9.38. The highest BCUT2D eigenvalue weighted by Crippen LogP contribution is 2.25. The fourth-order valence-electron chi connectivity index (χ4n) is 1.92. The van der Waals surface area contributed by atoms with Gasteiger partial charge in [-0.1, -0.05) is 41.8 Å². The van der Waals surface area contributed by atoms with Crippen molar-refractivity contribution in [2.24, 2.45) is 0 Å². The standard InChI is InChI=1S/C19H14INO/c1-3-10-22-19-9-6-15(12-18(19)20)11-17(13-21)16-7-4-14(2)5-8-16/h1,4-9,11-12H,10H2,2H3/b17-11-. The Hall–Kier alpha value is -2.24. The van der Waals surface area contributed by atoms with Gasteiger partial charge in [0.1, 0.15) is 12.4 Å². The van der Waals surface area contributed by atoms with E-state index in [1.807, 2.05) is 55.5 Å². The van der Waals surface area contributed by atoms with E-state index in [1.165, 1.54) is 5.56 Å². The highest BCUT2D eigenvalue weighted by Gasteiger charge is 2.04. The third kappa shape index (κ3) is 4.13. The van der Waals surface area contributed by atoms with Crippen molar-refractivity contribution >= 4 is 34.2 Å². The molecule has 0 N–H and O–H groups in total. The maximum Gasteiger partial charge on any atom is 0.148 e. The van der Waals surface area contributed by atoms with Gasteiger partial charge in [-0.05, 0) is 58.9 Å². The summed E-state index contributed by atoms with van der Waals surface area (Å²) >= 11 is 2.20. The number of halogens is 1. The molecule has 2 nitrogen and oxygen atoms in total. The smallest absolute Gasteiger partial charge is 0.148 e. The molecular formula is C19H14INO. The maximum absolute atomic E-state index is 9.38. The summed E-state index contributed by atoms with van der Waals surface area (Å²) in [4.78, 5) is 0. The molecule has 0 aliphatic heterocycles. The summed E-state index contributed by atoms with van der Waals surface area (Å²) in [5.74, 6) is 3.20. The van der Waals surface area contributed by atoms with Crippen molar-refractivity contribution in [3.63, 3.8) is 0 Å². The van der Waals surface area contributed by atoms with E-state index in [0.717, 1.165) is 20.4 Å². The molecule has 0 fully saturated rings. The lowest BCUT2D eigenvalue weighted by Crippen LogP contribution is -1.95. The molecule has 0 aliphatic rings. The van der Waals surface area contributed by atoms with Gasteiger partial charge in [-0.25, -0.2) is 0 Å². The van der Waals surface area contributed by atoms with Gasteiger partial charge in [-0.2, -0.15) is 5.26 Å². The molecule has 22 heavy (non-hydrogen) atoms. The Morgan fingerprint density at radius 1 is 1.27 bits per heavy atom. The number of aryl methyl sites for hydroxylation is 1. The third-order valence-corrected chi connectivity index (χ3v) is 3.90. The summed E-state index contributed by atoms with van der Waals surface area (Å²) in [6.45, 7) is 2.27. The number of terminal acetylenes is 1. The lowest BCUT2D eigenvalue weighted by Gasteiger charge is -2.06. The molecule has 0 bridgehead atoms. The molecule has 0 amide bonds.